The monoisotopic (exact) mass is 358 g/mol. The van der Waals surface area contributed by atoms with Crippen LogP contribution in [0, 0.1) is 0 Å². The molecule has 2 aliphatic heterocycles. The maximum atomic E-state index is 13.1. The summed E-state index contributed by atoms with van der Waals surface area (Å²) in [5.74, 6) is 0.627. The van der Waals surface area contributed by atoms with Crippen LogP contribution in [0.15, 0.2) is 47.4 Å². The van der Waals surface area contributed by atoms with Crippen LogP contribution in [-0.2, 0) is 10.0 Å². The van der Waals surface area contributed by atoms with E-state index in [1.165, 1.54) is 23.4 Å². The number of Topliss-reactive ketones (excluding diaryl/α,β-unsaturated/α-hetero) is 1. The van der Waals surface area contributed by atoms with Gasteiger partial charge in [-0.2, -0.15) is 0 Å². The maximum Gasteiger partial charge on any atom is 0.264 e. The molecule has 0 bridgehead atoms. The molecule has 130 valence electrons. The first-order chi connectivity index (χ1) is 12.0. The third-order valence-electron chi connectivity index (χ3n) is 4.60. The average molecular weight is 358 g/mol. The number of anilines is 2. The van der Waals surface area contributed by atoms with Gasteiger partial charge in [-0.25, -0.2) is 8.42 Å². The van der Waals surface area contributed by atoms with E-state index in [2.05, 4.69) is 4.90 Å². The Morgan fingerprint density at radius 2 is 1.80 bits per heavy atom. The van der Waals surface area contributed by atoms with Crippen LogP contribution in [0.5, 0.6) is 5.75 Å². The van der Waals surface area contributed by atoms with Gasteiger partial charge < -0.3 is 9.64 Å². The highest BCUT2D eigenvalue weighted by Gasteiger charge is 2.35. The lowest BCUT2D eigenvalue weighted by atomic mass is 10.1. The number of hydrogen-bond acceptors (Lipinski definition) is 5. The van der Waals surface area contributed by atoms with Gasteiger partial charge in [-0.15, -0.1) is 0 Å². The Bertz CT molecular complexity index is 938. The molecule has 0 amide bonds. The van der Waals surface area contributed by atoms with Crippen molar-refractivity contribution in [2.75, 3.05) is 35.4 Å². The Labute approximate surface area is 146 Å². The molecule has 0 radical (unpaired) electrons. The van der Waals surface area contributed by atoms with Crippen LogP contribution in [0.2, 0.25) is 0 Å². The predicted octanol–water partition coefficient (Wildman–Crippen LogP) is 2.30. The molecule has 0 unspecified atom stereocenters. The molecule has 0 N–H and O–H groups in total. The second-order valence-electron chi connectivity index (χ2n) is 6.12. The minimum Gasteiger partial charge on any atom is -0.489 e. The van der Waals surface area contributed by atoms with E-state index in [0.717, 1.165) is 18.0 Å². The van der Waals surface area contributed by atoms with Crippen molar-refractivity contribution in [1.29, 1.82) is 0 Å². The number of carbonyl (C=O) groups excluding carboxylic acids is 1. The molecule has 0 spiro atoms. The fourth-order valence-electron chi connectivity index (χ4n) is 3.32. The topological polar surface area (TPSA) is 66.9 Å². The van der Waals surface area contributed by atoms with Crippen molar-refractivity contribution in [3.8, 4) is 5.75 Å². The van der Waals surface area contributed by atoms with E-state index in [0.29, 0.717) is 30.9 Å². The Morgan fingerprint density at radius 1 is 1.04 bits per heavy atom. The van der Waals surface area contributed by atoms with Gasteiger partial charge in [0, 0.05) is 12.1 Å². The summed E-state index contributed by atoms with van der Waals surface area (Å²) in [7, 11) is -3.70. The molecule has 4 rings (SSSR count). The first-order valence-corrected chi connectivity index (χ1v) is 9.57. The first kappa shape index (κ1) is 16.0. The standard InChI is InChI=1S/C18H18N2O4S/c1-13(21)14-5-7-15(8-6-14)25(22,23)20-10-9-19-11-12-24-17-4-2-3-16(20)18(17)19/h2-8H,9-12H2,1H3. The molecule has 0 fully saturated rings. The number of carbonyl (C=O) groups is 1. The highest BCUT2D eigenvalue weighted by Crippen LogP contribution is 2.44. The van der Waals surface area contributed by atoms with Crippen molar-refractivity contribution in [1.82, 2.24) is 0 Å². The summed E-state index contributed by atoms with van der Waals surface area (Å²) >= 11 is 0. The molecule has 2 aliphatic rings. The molecule has 2 aromatic rings. The van der Waals surface area contributed by atoms with Crippen LogP contribution in [-0.4, -0.2) is 40.4 Å². The lowest BCUT2D eigenvalue weighted by Crippen LogP contribution is -2.46. The smallest absolute Gasteiger partial charge is 0.264 e. The van der Waals surface area contributed by atoms with Crippen molar-refractivity contribution in [3.05, 3.63) is 48.0 Å². The Hall–Kier alpha value is -2.54. The van der Waals surface area contributed by atoms with Crippen molar-refractivity contribution in [3.63, 3.8) is 0 Å². The lowest BCUT2D eigenvalue weighted by Gasteiger charge is -2.41. The van der Waals surface area contributed by atoms with Gasteiger partial charge in [0.1, 0.15) is 18.0 Å². The summed E-state index contributed by atoms with van der Waals surface area (Å²) in [5.41, 5.74) is 1.97. The number of ether oxygens (including phenoxy) is 1. The highest BCUT2D eigenvalue weighted by atomic mass is 32.2. The number of benzene rings is 2. The third kappa shape index (κ3) is 2.55. The summed E-state index contributed by atoms with van der Waals surface area (Å²) in [4.78, 5) is 13.8. The molecule has 0 aromatic heterocycles. The van der Waals surface area contributed by atoms with E-state index in [-0.39, 0.29) is 10.7 Å². The van der Waals surface area contributed by atoms with Crippen molar-refractivity contribution in [2.24, 2.45) is 0 Å². The highest BCUT2D eigenvalue weighted by molar-refractivity contribution is 7.92. The van der Waals surface area contributed by atoms with E-state index < -0.39 is 10.0 Å². The zero-order valence-electron chi connectivity index (χ0n) is 13.8. The third-order valence-corrected chi connectivity index (χ3v) is 6.43. The maximum absolute atomic E-state index is 13.1. The van der Waals surface area contributed by atoms with Gasteiger partial charge in [-0.3, -0.25) is 9.10 Å². The van der Waals surface area contributed by atoms with Gasteiger partial charge >= 0.3 is 0 Å². The van der Waals surface area contributed by atoms with E-state index in [1.807, 2.05) is 12.1 Å². The van der Waals surface area contributed by atoms with Crippen LogP contribution in [0.25, 0.3) is 0 Å². The molecule has 0 saturated heterocycles. The molecule has 2 aromatic carbocycles. The number of hydrogen-bond donors (Lipinski definition) is 0. The number of ketones is 1. The molecular formula is C18H18N2O4S. The summed E-state index contributed by atoms with van der Waals surface area (Å²) in [5, 5.41) is 0. The number of nitrogens with zero attached hydrogens (tertiary/aromatic N) is 2. The predicted molar refractivity (Wildman–Crippen MR) is 95.1 cm³/mol. The van der Waals surface area contributed by atoms with E-state index in [4.69, 9.17) is 4.74 Å². The van der Waals surface area contributed by atoms with Gasteiger partial charge in [0.05, 0.1) is 23.7 Å². The van der Waals surface area contributed by atoms with Gasteiger partial charge in [0.15, 0.2) is 5.78 Å². The zero-order valence-corrected chi connectivity index (χ0v) is 14.6. The molecule has 0 aliphatic carbocycles. The largest absolute Gasteiger partial charge is 0.489 e. The number of para-hydroxylation sites is 1. The SMILES string of the molecule is CC(=O)c1ccc(S(=O)(=O)N2CCN3CCOc4cccc2c43)cc1. The van der Waals surface area contributed by atoms with Gasteiger partial charge in [-0.1, -0.05) is 18.2 Å². The van der Waals surface area contributed by atoms with Crippen LogP contribution in [0.3, 0.4) is 0 Å². The molecule has 7 heteroatoms. The Balaban J connectivity index is 1.78. The molecule has 25 heavy (non-hydrogen) atoms. The number of rotatable bonds is 3. The summed E-state index contributed by atoms with van der Waals surface area (Å²) in [6.07, 6.45) is 0. The Morgan fingerprint density at radius 3 is 2.52 bits per heavy atom. The quantitative estimate of drug-likeness (QED) is 0.788. The fourth-order valence-corrected chi connectivity index (χ4v) is 4.78. The second kappa shape index (κ2) is 5.77. The zero-order chi connectivity index (χ0) is 17.6. The summed E-state index contributed by atoms with van der Waals surface area (Å²) < 4.78 is 33.4. The van der Waals surface area contributed by atoms with Gasteiger partial charge in [0.2, 0.25) is 0 Å². The van der Waals surface area contributed by atoms with Crippen LogP contribution >= 0.6 is 0 Å². The Kier molecular flexibility index (Phi) is 3.68. The summed E-state index contributed by atoms with van der Waals surface area (Å²) in [6, 6.07) is 11.6. The van der Waals surface area contributed by atoms with E-state index in [1.54, 1.807) is 18.2 Å². The fraction of sp³-hybridized carbons (Fsp3) is 0.278. The second-order valence-corrected chi connectivity index (χ2v) is 7.98. The molecular weight excluding hydrogens is 340 g/mol. The van der Waals surface area contributed by atoms with Crippen molar-refractivity contribution < 1.29 is 17.9 Å². The molecule has 2 heterocycles. The van der Waals surface area contributed by atoms with E-state index >= 15 is 0 Å². The molecule has 0 saturated carbocycles. The first-order valence-electron chi connectivity index (χ1n) is 8.13. The lowest BCUT2D eigenvalue weighted by molar-refractivity contribution is 0.101. The number of sulfonamides is 1. The summed E-state index contributed by atoms with van der Waals surface area (Å²) in [6.45, 7) is 3.82. The van der Waals surface area contributed by atoms with Crippen molar-refractivity contribution in [2.45, 2.75) is 11.8 Å². The van der Waals surface area contributed by atoms with Crippen LogP contribution < -0.4 is 13.9 Å². The normalized spacial score (nSPS) is 16.2. The van der Waals surface area contributed by atoms with Crippen LogP contribution in [0.1, 0.15) is 17.3 Å². The molecule has 0 atom stereocenters. The van der Waals surface area contributed by atoms with Gasteiger partial charge in [0.25, 0.3) is 10.0 Å². The minimum absolute atomic E-state index is 0.0909. The van der Waals surface area contributed by atoms with Crippen molar-refractivity contribution >= 4 is 27.2 Å². The van der Waals surface area contributed by atoms with E-state index in [9.17, 15) is 13.2 Å². The van der Waals surface area contributed by atoms with Gasteiger partial charge in [-0.05, 0) is 31.2 Å². The average Bonchev–Trinajstić information content (AvgIpc) is 2.62. The van der Waals surface area contributed by atoms with Crippen LogP contribution in [0.4, 0.5) is 11.4 Å². The molecule has 6 nitrogen and oxygen atoms in total. The minimum atomic E-state index is -3.70.